The van der Waals surface area contributed by atoms with E-state index in [2.05, 4.69) is 5.32 Å². The average Bonchev–Trinajstić information content (AvgIpc) is 2.71. The van der Waals surface area contributed by atoms with Crippen LogP contribution in [0.5, 0.6) is 0 Å². The minimum atomic E-state index is -4.68. The number of aliphatic hydroxyl groups is 1. The number of rotatable bonds is 8. The number of sulfonamides is 1. The van der Waals surface area contributed by atoms with Crippen LogP contribution in [0.4, 0.5) is 18.9 Å². The molecule has 0 aromatic heterocycles. The van der Waals surface area contributed by atoms with E-state index in [0.29, 0.717) is 6.07 Å². The Bertz CT molecular complexity index is 1130. The van der Waals surface area contributed by atoms with Crippen molar-refractivity contribution in [3.8, 4) is 0 Å². The standard InChI is InChI=1S/C19H17Cl2F3N2O6S/c1-10(27)17(26-33(30,31)13-5-3-12(20)4-6-13)18(29)32-9-16(28)25-15-8-11(19(22,23)24)2-7-14(15)21/h2-8,10,17,26-27H,9H2,1H3,(H,25,28)/t10-,17-/m0/s1. The Kier molecular flexibility index (Phi) is 8.71. The first kappa shape index (κ1) is 26.9. The van der Waals surface area contributed by atoms with Crippen LogP contribution in [0.3, 0.4) is 0 Å². The van der Waals surface area contributed by atoms with E-state index in [0.717, 1.165) is 19.1 Å². The maximum absolute atomic E-state index is 12.8. The number of aliphatic hydroxyl groups excluding tert-OH is 1. The van der Waals surface area contributed by atoms with Gasteiger partial charge in [0.15, 0.2) is 6.61 Å². The molecule has 8 nitrogen and oxygen atoms in total. The summed E-state index contributed by atoms with van der Waals surface area (Å²) in [5.74, 6) is -2.35. The molecule has 0 aliphatic carbocycles. The lowest BCUT2D eigenvalue weighted by Gasteiger charge is -2.20. The van der Waals surface area contributed by atoms with Gasteiger partial charge in [0.25, 0.3) is 5.91 Å². The van der Waals surface area contributed by atoms with Gasteiger partial charge in [-0.1, -0.05) is 23.2 Å². The molecule has 0 saturated carbocycles. The molecule has 2 atom stereocenters. The van der Waals surface area contributed by atoms with E-state index in [4.69, 9.17) is 27.9 Å². The highest BCUT2D eigenvalue weighted by molar-refractivity contribution is 7.89. The predicted molar refractivity (Wildman–Crippen MR) is 113 cm³/mol. The summed E-state index contributed by atoms with van der Waals surface area (Å²) in [6.07, 6.45) is -6.23. The Hall–Kier alpha value is -2.38. The summed E-state index contributed by atoms with van der Waals surface area (Å²) in [6.45, 7) is 0.121. The number of hydrogen-bond donors (Lipinski definition) is 3. The molecule has 180 valence electrons. The van der Waals surface area contributed by atoms with Gasteiger partial charge in [-0.05, 0) is 49.4 Å². The van der Waals surface area contributed by atoms with Crippen molar-refractivity contribution in [2.45, 2.75) is 30.1 Å². The molecule has 2 rings (SSSR count). The highest BCUT2D eigenvalue weighted by Gasteiger charge is 2.32. The summed E-state index contributed by atoms with van der Waals surface area (Å²) >= 11 is 11.5. The van der Waals surface area contributed by atoms with Crippen LogP contribution in [0.15, 0.2) is 47.4 Å². The molecule has 0 heterocycles. The quantitative estimate of drug-likeness (QED) is 0.452. The Morgan fingerprint density at radius 2 is 1.73 bits per heavy atom. The van der Waals surface area contributed by atoms with Crippen molar-refractivity contribution in [1.29, 1.82) is 0 Å². The summed E-state index contributed by atoms with van der Waals surface area (Å²) in [4.78, 5) is 24.0. The van der Waals surface area contributed by atoms with Gasteiger partial charge in [-0.15, -0.1) is 0 Å². The Balaban J connectivity index is 2.05. The Morgan fingerprint density at radius 1 is 1.12 bits per heavy atom. The van der Waals surface area contributed by atoms with Gasteiger partial charge in [0, 0.05) is 5.02 Å². The topological polar surface area (TPSA) is 122 Å². The first-order chi connectivity index (χ1) is 15.2. The molecular formula is C19H17Cl2F3N2O6S. The molecule has 0 aliphatic heterocycles. The number of carbonyl (C=O) groups is 2. The third-order valence-corrected chi connectivity index (χ3v) is 6.09. The normalized spacial score (nSPS) is 13.8. The van der Waals surface area contributed by atoms with E-state index >= 15 is 0 Å². The second-order valence-electron chi connectivity index (χ2n) is 6.64. The van der Waals surface area contributed by atoms with Crippen molar-refractivity contribution in [3.05, 3.63) is 58.1 Å². The second-order valence-corrected chi connectivity index (χ2v) is 9.20. The van der Waals surface area contributed by atoms with E-state index in [1.54, 1.807) is 0 Å². The van der Waals surface area contributed by atoms with Crippen LogP contribution in [0, 0.1) is 0 Å². The zero-order valence-electron chi connectivity index (χ0n) is 16.7. The number of hydrogen-bond acceptors (Lipinski definition) is 6. The maximum Gasteiger partial charge on any atom is 0.416 e. The molecule has 0 unspecified atom stereocenters. The van der Waals surface area contributed by atoms with Crippen molar-refractivity contribution >= 4 is 50.8 Å². The van der Waals surface area contributed by atoms with E-state index < -0.39 is 52.4 Å². The van der Waals surface area contributed by atoms with Gasteiger partial charge in [-0.25, -0.2) is 8.42 Å². The number of anilines is 1. The third kappa shape index (κ3) is 7.57. The molecule has 1 amide bonds. The van der Waals surface area contributed by atoms with Gasteiger partial charge in [-0.2, -0.15) is 17.9 Å². The fraction of sp³-hybridized carbons (Fsp3) is 0.263. The number of ether oxygens (including phenoxy) is 1. The van der Waals surface area contributed by atoms with Gasteiger partial charge < -0.3 is 15.2 Å². The molecule has 33 heavy (non-hydrogen) atoms. The van der Waals surface area contributed by atoms with Gasteiger partial charge >= 0.3 is 12.1 Å². The van der Waals surface area contributed by atoms with Gasteiger partial charge in [-0.3, -0.25) is 9.59 Å². The molecule has 0 spiro atoms. The fourth-order valence-corrected chi connectivity index (χ4v) is 3.95. The number of alkyl halides is 3. The molecular weight excluding hydrogens is 512 g/mol. The molecule has 0 aliphatic rings. The SMILES string of the molecule is C[C@H](O)[C@H](NS(=O)(=O)c1ccc(Cl)cc1)C(=O)OCC(=O)Nc1cc(C(F)(F)F)ccc1Cl. The van der Waals surface area contributed by atoms with Gasteiger partial charge in [0.1, 0.15) is 6.04 Å². The van der Waals surface area contributed by atoms with Crippen LogP contribution >= 0.6 is 23.2 Å². The lowest BCUT2D eigenvalue weighted by Crippen LogP contribution is -2.48. The molecule has 0 radical (unpaired) electrons. The van der Waals surface area contributed by atoms with Crippen LogP contribution in [0.25, 0.3) is 0 Å². The monoisotopic (exact) mass is 528 g/mol. The summed E-state index contributed by atoms with van der Waals surface area (Å²) < 4.78 is 70.0. The summed E-state index contributed by atoms with van der Waals surface area (Å²) in [5.41, 5.74) is -1.44. The van der Waals surface area contributed by atoms with Gasteiger partial charge in [0.05, 0.1) is 27.3 Å². The largest absolute Gasteiger partial charge is 0.454 e. The van der Waals surface area contributed by atoms with E-state index in [-0.39, 0.29) is 20.6 Å². The van der Waals surface area contributed by atoms with Crippen LogP contribution in [-0.4, -0.2) is 44.2 Å². The number of carbonyl (C=O) groups excluding carboxylic acids is 2. The van der Waals surface area contributed by atoms with Crippen molar-refractivity contribution < 1.29 is 41.0 Å². The third-order valence-electron chi connectivity index (χ3n) is 4.06. The second kappa shape index (κ2) is 10.7. The van der Waals surface area contributed by atoms with Crippen molar-refractivity contribution in [2.24, 2.45) is 0 Å². The molecule has 2 aromatic carbocycles. The fourth-order valence-electron chi connectivity index (χ4n) is 2.40. The molecule has 0 fully saturated rings. The lowest BCUT2D eigenvalue weighted by molar-refractivity contribution is -0.151. The molecule has 3 N–H and O–H groups in total. The van der Waals surface area contributed by atoms with E-state index in [1.807, 2.05) is 4.72 Å². The van der Waals surface area contributed by atoms with E-state index in [9.17, 15) is 36.3 Å². The molecule has 14 heteroatoms. The van der Waals surface area contributed by atoms with Crippen LogP contribution in [0.2, 0.25) is 10.0 Å². The highest BCUT2D eigenvalue weighted by atomic mass is 35.5. The predicted octanol–water partition coefficient (Wildman–Crippen LogP) is 3.22. The highest BCUT2D eigenvalue weighted by Crippen LogP contribution is 2.33. The Morgan fingerprint density at radius 3 is 2.27 bits per heavy atom. The van der Waals surface area contributed by atoms with Crippen LogP contribution < -0.4 is 10.0 Å². The first-order valence-corrected chi connectivity index (χ1v) is 11.2. The molecule has 2 aromatic rings. The number of esters is 1. The minimum absolute atomic E-state index is 0.194. The zero-order chi connectivity index (χ0) is 25.0. The molecule has 0 bridgehead atoms. The number of benzene rings is 2. The number of amides is 1. The van der Waals surface area contributed by atoms with Crippen molar-refractivity contribution in [1.82, 2.24) is 4.72 Å². The van der Waals surface area contributed by atoms with Crippen LogP contribution in [0.1, 0.15) is 12.5 Å². The summed E-state index contributed by atoms with van der Waals surface area (Å²) in [6, 6.07) is 5.41. The van der Waals surface area contributed by atoms with Gasteiger partial charge in [0.2, 0.25) is 10.0 Å². The zero-order valence-corrected chi connectivity index (χ0v) is 19.0. The first-order valence-electron chi connectivity index (χ1n) is 9.00. The van der Waals surface area contributed by atoms with E-state index in [1.165, 1.54) is 24.3 Å². The maximum atomic E-state index is 12.8. The lowest BCUT2D eigenvalue weighted by atomic mass is 10.2. The smallest absolute Gasteiger partial charge is 0.416 e. The average molecular weight is 529 g/mol. The summed E-state index contributed by atoms with van der Waals surface area (Å²) in [7, 11) is -4.27. The Labute approximate surface area is 196 Å². The minimum Gasteiger partial charge on any atom is -0.454 e. The van der Waals surface area contributed by atoms with Crippen LogP contribution in [-0.2, 0) is 30.5 Å². The number of nitrogens with one attached hydrogen (secondary N) is 2. The molecule has 0 saturated heterocycles. The van der Waals surface area contributed by atoms with Crippen molar-refractivity contribution in [3.63, 3.8) is 0 Å². The summed E-state index contributed by atoms with van der Waals surface area (Å²) in [5, 5.41) is 11.9. The number of halogens is 5. The van der Waals surface area contributed by atoms with Crippen molar-refractivity contribution in [2.75, 3.05) is 11.9 Å².